The maximum Gasteiger partial charge on any atom is 0.195 e. The van der Waals surface area contributed by atoms with Crippen LogP contribution >= 0.6 is 11.3 Å². The van der Waals surface area contributed by atoms with Crippen LogP contribution in [0.25, 0.3) is 43.7 Å². The van der Waals surface area contributed by atoms with Crippen LogP contribution in [-0.2, 0) is 0 Å². The Labute approximate surface area is 160 Å². The van der Waals surface area contributed by atoms with Crippen LogP contribution in [-0.4, -0.2) is 4.98 Å². The maximum absolute atomic E-state index is 13.2. The number of hydrogen-bond donors (Lipinski definition) is 0. The van der Waals surface area contributed by atoms with E-state index in [2.05, 4.69) is 6.07 Å². The highest BCUT2D eigenvalue weighted by Crippen LogP contribution is 2.37. The largest absolute Gasteiger partial charge is 0.289 e. The van der Waals surface area contributed by atoms with Gasteiger partial charge in [0.2, 0.25) is 0 Å². The van der Waals surface area contributed by atoms with Gasteiger partial charge in [0.15, 0.2) is 5.43 Å². The van der Waals surface area contributed by atoms with Gasteiger partial charge in [0, 0.05) is 16.3 Å². The molecule has 27 heavy (non-hydrogen) atoms. The van der Waals surface area contributed by atoms with Crippen molar-refractivity contribution in [3.8, 4) is 10.6 Å². The first-order valence-corrected chi connectivity index (χ1v) is 9.60. The standard InChI is InChI=1S/C24H15NOS/c26-23-18-11-5-4-10-17(18)22-24(27-21-13-7-6-12-20(21)25-22)19(23)15-14-16-8-2-1-3-9-16/h1-15H/b15-14+. The number of para-hydroxylation sites is 1. The quantitative estimate of drug-likeness (QED) is 0.215. The lowest BCUT2D eigenvalue weighted by Gasteiger charge is -2.12. The Bertz CT molecular complexity index is 1340. The van der Waals surface area contributed by atoms with E-state index in [1.165, 1.54) is 0 Å². The Kier molecular flexibility index (Phi) is 3.80. The molecule has 128 valence electrons. The van der Waals surface area contributed by atoms with E-state index < -0.39 is 0 Å². The average Bonchev–Trinajstić information content (AvgIpc) is 2.73. The van der Waals surface area contributed by atoms with Crippen LogP contribution in [0.15, 0.2) is 83.7 Å². The first-order valence-electron chi connectivity index (χ1n) is 8.79. The second kappa shape index (κ2) is 6.45. The molecule has 3 aromatic carbocycles. The second-order valence-corrected chi connectivity index (χ2v) is 7.44. The molecule has 0 saturated heterocycles. The van der Waals surface area contributed by atoms with Crippen LogP contribution in [0.5, 0.6) is 0 Å². The summed E-state index contributed by atoms with van der Waals surface area (Å²) < 4.78 is 1.08. The molecule has 1 aliphatic carbocycles. The predicted molar refractivity (Wildman–Crippen MR) is 115 cm³/mol. The van der Waals surface area contributed by atoms with Crippen LogP contribution in [0.1, 0.15) is 11.1 Å². The van der Waals surface area contributed by atoms with Crippen molar-refractivity contribution in [3.63, 3.8) is 0 Å². The fourth-order valence-corrected chi connectivity index (χ4v) is 4.47. The monoisotopic (exact) mass is 365 g/mol. The minimum Gasteiger partial charge on any atom is -0.289 e. The highest BCUT2D eigenvalue weighted by molar-refractivity contribution is 7.21. The summed E-state index contributed by atoms with van der Waals surface area (Å²) in [5, 5.41) is 1.63. The third-order valence-corrected chi connectivity index (χ3v) is 5.87. The molecule has 0 N–H and O–H groups in total. The van der Waals surface area contributed by atoms with Crippen molar-refractivity contribution in [2.45, 2.75) is 0 Å². The van der Waals surface area contributed by atoms with Crippen molar-refractivity contribution < 1.29 is 0 Å². The van der Waals surface area contributed by atoms with Crippen LogP contribution in [0.4, 0.5) is 0 Å². The Hall–Kier alpha value is -3.30. The highest BCUT2D eigenvalue weighted by atomic mass is 32.1. The summed E-state index contributed by atoms with van der Waals surface area (Å²) in [4.78, 5) is 19.1. The zero-order valence-electron chi connectivity index (χ0n) is 14.4. The highest BCUT2D eigenvalue weighted by Gasteiger charge is 2.18. The Morgan fingerprint density at radius 1 is 0.741 bits per heavy atom. The zero-order valence-corrected chi connectivity index (χ0v) is 15.2. The van der Waals surface area contributed by atoms with Crippen molar-refractivity contribution >= 4 is 44.5 Å². The van der Waals surface area contributed by atoms with Crippen LogP contribution in [0, 0.1) is 0 Å². The van der Waals surface area contributed by atoms with Crippen molar-refractivity contribution in [2.24, 2.45) is 0 Å². The van der Waals surface area contributed by atoms with Gasteiger partial charge in [0.25, 0.3) is 0 Å². The molecule has 0 unspecified atom stereocenters. The third kappa shape index (κ3) is 2.73. The van der Waals surface area contributed by atoms with Crippen molar-refractivity contribution in [3.05, 3.63) is 100 Å². The van der Waals surface area contributed by atoms with Gasteiger partial charge < -0.3 is 0 Å². The van der Waals surface area contributed by atoms with Crippen molar-refractivity contribution in [1.29, 1.82) is 0 Å². The van der Waals surface area contributed by atoms with Crippen LogP contribution in [0.2, 0.25) is 0 Å². The summed E-state index contributed by atoms with van der Waals surface area (Å²) in [5.74, 6) is 0. The van der Waals surface area contributed by atoms with E-state index in [0.29, 0.717) is 10.9 Å². The minimum absolute atomic E-state index is 0.0543. The van der Waals surface area contributed by atoms with E-state index in [0.717, 1.165) is 31.7 Å². The molecule has 0 spiro atoms. The number of aromatic nitrogens is 1. The number of benzene rings is 4. The third-order valence-electron chi connectivity index (χ3n) is 4.68. The predicted octanol–water partition coefficient (Wildman–Crippen LogP) is 6.08. The Morgan fingerprint density at radius 2 is 1.44 bits per heavy atom. The van der Waals surface area contributed by atoms with Crippen LogP contribution < -0.4 is 5.43 Å². The van der Waals surface area contributed by atoms with Gasteiger partial charge in [0.05, 0.1) is 20.8 Å². The minimum atomic E-state index is 0.0543. The van der Waals surface area contributed by atoms with Crippen molar-refractivity contribution in [1.82, 2.24) is 4.98 Å². The lowest BCUT2D eigenvalue weighted by Crippen LogP contribution is -2.09. The molecule has 5 rings (SSSR count). The first-order chi connectivity index (χ1) is 13.3. The normalized spacial score (nSPS) is 11.7. The molecular formula is C24H15NOS. The van der Waals surface area contributed by atoms with Gasteiger partial charge >= 0.3 is 0 Å². The molecule has 2 nitrogen and oxygen atoms in total. The molecule has 0 bridgehead atoms. The molecule has 0 aromatic heterocycles. The van der Waals surface area contributed by atoms with E-state index in [1.54, 1.807) is 11.3 Å². The van der Waals surface area contributed by atoms with Gasteiger partial charge in [-0.15, -0.1) is 11.3 Å². The molecule has 3 aromatic rings. The molecule has 0 radical (unpaired) electrons. The molecular weight excluding hydrogens is 350 g/mol. The molecule has 1 aliphatic heterocycles. The fraction of sp³-hybridized carbons (Fsp3) is 0. The Balaban J connectivity index is 1.87. The smallest absolute Gasteiger partial charge is 0.195 e. The number of rotatable bonds is 2. The van der Waals surface area contributed by atoms with E-state index in [4.69, 9.17) is 4.98 Å². The summed E-state index contributed by atoms with van der Waals surface area (Å²) in [5.41, 5.74) is 3.67. The van der Waals surface area contributed by atoms with Gasteiger partial charge in [0.1, 0.15) is 0 Å². The van der Waals surface area contributed by atoms with E-state index >= 15 is 0 Å². The summed E-state index contributed by atoms with van der Waals surface area (Å²) >= 11 is 1.63. The van der Waals surface area contributed by atoms with Gasteiger partial charge in [-0.3, -0.25) is 4.79 Å². The van der Waals surface area contributed by atoms with Crippen molar-refractivity contribution in [2.75, 3.05) is 0 Å². The van der Waals surface area contributed by atoms with Gasteiger partial charge in [-0.2, -0.15) is 0 Å². The van der Waals surface area contributed by atoms with Gasteiger partial charge in [-0.1, -0.05) is 72.8 Å². The van der Waals surface area contributed by atoms with E-state index in [1.807, 2.05) is 84.9 Å². The van der Waals surface area contributed by atoms with Gasteiger partial charge in [-0.25, -0.2) is 4.98 Å². The molecule has 0 amide bonds. The zero-order chi connectivity index (χ0) is 18.2. The molecule has 2 aliphatic rings. The first kappa shape index (κ1) is 15.9. The maximum atomic E-state index is 13.2. The number of fused-ring (bicyclic) bond motifs is 4. The van der Waals surface area contributed by atoms with Gasteiger partial charge in [-0.05, 0) is 23.8 Å². The average molecular weight is 365 g/mol. The lowest BCUT2D eigenvalue weighted by molar-refractivity contribution is 1.43. The van der Waals surface area contributed by atoms with E-state index in [9.17, 15) is 4.79 Å². The van der Waals surface area contributed by atoms with Crippen LogP contribution in [0.3, 0.4) is 0 Å². The number of nitrogens with zero attached hydrogens (tertiary/aromatic N) is 1. The SMILES string of the molecule is O=c1c(/C=C/c2ccccc2)c2sc3ccccc3nc-2c2ccccc12. The topological polar surface area (TPSA) is 30.0 Å². The molecule has 0 fully saturated rings. The second-order valence-electron chi connectivity index (χ2n) is 6.39. The molecule has 3 heteroatoms. The Morgan fingerprint density at radius 3 is 2.30 bits per heavy atom. The molecule has 0 atom stereocenters. The van der Waals surface area contributed by atoms with E-state index in [-0.39, 0.29) is 5.43 Å². The summed E-state index contributed by atoms with van der Waals surface area (Å²) in [6.45, 7) is 0. The fourth-order valence-electron chi connectivity index (χ4n) is 3.36. The summed E-state index contributed by atoms with van der Waals surface area (Å²) in [7, 11) is 0. The molecule has 0 saturated carbocycles. The lowest BCUT2D eigenvalue weighted by atomic mass is 10.00. The summed E-state index contributed by atoms with van der Waals surface area (Å²) in [6, 6.07) is 25.8. The summed E-state index contributed by atoms with van der Waals surface area (Å²) in [6.07, 6.45) is 3.92. The number of hydrogen-bond acceptors (Lipinski definition) is 3. The molecule has 1 heterocycles.